The smallest absolute Gasteiger partial charge is 0.0723 e. The van der Waals surface area contributed by atoms with Crippen LogP contribution in [0.3, 0.4) is 0 Å². The van der Waals surface area contributed by atoms with Gasteiger partial charge in [0.25, 0.3) is 0 Å². The van der Waals surface area contributed by atoms with E-state index in [1.54, 1.807) is 7.11 Å². The van der Waals surface area contributed by atoms with Gasteiger partial charge in [0.2, 0.25) is 0 Å². The maximum absolute atomic E-state index is 9.33. The van der Waals surface area contributed by atoms with E-state index in [0.717, 1.165) is 32.3 Å². The number of aliphatic hydroxyl groups excluding tert-OH is 1. The van der Waals surface area contributed by atoms with E-state index in [2.05, 4.69) is 0 Å². The molecule has 70 valence electrons. The Kier molecular flexibility index (Phi) is 4.33. The van der Waals surface area contributed by atoms with E-state index < -0.39 is 0 Å². The van der Waals surface area contributed by atoms with Crippen LogP contribution in [0.5, 0.6) is 0 Å². The van der Waals surface area contributed by atoms with Gasteiger partial charge in [0.05, 0.1) is 6.10 Å². The van der Waals surface area contributed by atoms with Crippen molar-refractivity contribution in [1.29, 1.82) is 0 Å². The van der Waals surface area contributed by atoms with E-state index in [0.29, 0.717) is 0 Å². The fourth-order valence-corrected chi connectivity index (χ4v) is 1.63. The van der Waals surface area contributed by atoms with E-state index in [-0.39, 0.29) is 6.10 Å². The lowest BCUT2D eigenvalue weighted by Gasteiger charge is -2.16. The molecule has 0 aromatic heterocycles. The zero-order valence-corrected chi connectivity index (χ0v) is 7.75. The molecule has 1 N–H and O–H groups in total. The third kappa shape index (κ3) is 3.37. The summed E-state index contributed by atoms with van der Waals surface area (Å²) < 4.78 is 4.97. The molecule has 0 spiro atoms. The molecule has 1 rings (SSSR count). The molecule has 1 aliphatic carbocycles. The van der Waals surface area contributed by atoms with Gasteiger partial charge in [-0.25, -0.2) is 0 Å². The number of allylic oxidation sites excluding steroid dienone is 1. The monoisotopic (exact) mass is 170 g/mol. The second kappa shape index (κ2) is 5.33. The molecule has 1 aliphatic rings. The maximum atomic E-state index is 9.33. The van der Waals surface area contributed by atoms with Crippen LogP contribution >= 0.6 is 0 Å². The molecule has 0 bridgehead atoms. The molecule has 0 aromatic rings. The second-order valence-electron chi connectivity index (χ2n) is 3.38. The van der Waals surface area contributed by atoms with Crippen molar-refractivity contribution in [3.05, 3.63) is 11.6 Å². The van der Waals surface area contributed by atoms with Gasteiger partial charge < -0.3 is 9.84 Å². The van der Waals surface area contributed by atoms with Crippen LogP contribution in [0.25, 0.3) is 0 Å². The molecule has 0 amide bonds. The van der Waals surface area contributed by atoms with E-state index in [1.165, 1.54) is 12.0 Å². The minimum atomic E-state index is -0.184. The van der Waals surface area contributed by atoms with Crippen LogP contribution in [0.2, 0.25) is 0 Å². The number of hydrogen-bond donors (Lipinski definition) is 1. The quantitative estimate of drug-likeness (QED) is 0.515. The summed E-state index contributed by atoms with van der Waals surface area (Å²) in [6.45, 7) is 0.827. The summed E-state index contributed by atoms with van der Waals surface area (Å²) in [4.78, 5) is 0. The van der Waals surface area contributed by atoms with Crippen molar-refractivity contribution in [2.24, 2.45) is 0 Å². The van der Waals surface area contributed by atoms with Crippen molar-refractivity contribution in [2.75, 3.05) is 13.7 Å². The Bertz CT molecular complexity index is 152. The molecule has 2 heteroatoms. The number of hydrogen-bond acceptors (Lipinski definition) is 2. The first kappa shape index (κ1) is 9.75. The summed E-state index contributed by atoms with van der Waals surface area (Å²) in [5.74, 6) is 0. The average molecular weight is 170 g/mol. The van der Waals surface area contributed by atoms with Crippen molar-refractivity contribution < 1.29 is 9.84 Å². The predicted octanol–water partition coefficient (Wildman–Crippen LogP) is 1.88. The molecular weight excluding hydrogens is 152 g/mol. The van der Waals surface area contributed by atoms with Crippen LogP contribution in [-0.2, 0) is 4.74 Å². The SMILES string of the molecule is COCCCC1=CC(O)CCC1. The van der Waals surface area contributed by atoms with Gasteiger partial charge in [0.15, 0.2) is 0 Å². The average Bonchev–Trinajstić information content (AvgIpc) is 2.05. The molecule has 0 saturated carbocycles. The molecule has 0 aliphatic heterocycles. The van der Waals surface area contributed by atoms with Crippen LogP contribution in [0.1, 0.15) is 32.1 Å². The zero-order chi connectivity index (χ0) is 8.81. The highest BCUT2D eigenvalue weighted by molar-refractivity contribution is 5.08. The lowest BCUT2D eigenvalue weighted by atomic mass is 9.94. The maximum Gasteiger partial charge on any atom is 0.0723 e. The summed E-state index contributed by atoms with van der Waals surface area (Å²) in [7, 11) is 1.73. The topological polar surface area (TPSA) is 29.5 Å². The molecule has 1 unspecified atom stereocenters. The van der Waals surface area contributed by atoms with Crippen LogP contribution in [0, 0.1) is 0 Å². The van der Waals surface area contributed by atoms with Crippen LogP contribution in [0.15, 0.2) is 11.6 Å². The third-order valence-corrected chi connectivity index (χ3v) is 2.27. The van der Waals surface area contributed by atoms with Crippen LogP contribution in [-0.4, -0.2) is 24.9 Å². The highest BCUT2D eigenvalue weighted by Crippen LogP contribution is 2.21. The molecule has 0 aromatic carbocycles. The second-order valence-corrected chi connectivity index (χ2v) is 3.38. The summed E-state index contributed by atoms with van der Waals surface area (Å²) in [6.07, 6.45) is 7.24. The van der Waals surface area contributed by atoms with Crippen molar-refractivity contribution in [2.45, 2.75) is 38.2 Å². The summed E-state index contributed by atoms with van der Waals surface area (Å²) in [5, 5.41) is 9.33. The number of rotatable bonds is 4. The Balaban J connectivity index is 2.21. The number of aliphatic hydroxyl groups is 1. The summed E-state index contributed by atoms with van der Waals surface area (Å²) in [5.41, 5.74) is 1.41. The van der Waals surface area contributed by atoms with Gasteiger partial charge in [-0.2, -0.15) is 0 Å². The molecule has 0 saturated heterocycles. The highest BCUT2D eigenvalue weighted by Gasteiger charge is 2.09. The lowest BCUT2D eigenvalue weighted by molar-refractivity contribution is 0.190. The zero-order valence-electron chi connectivity index (χ0n) is 7.75. The molecule has 1 atom stereocenters. The van der Waals surface area contributed by atoms with Gasteiger partial charge in [-0.05, 0) is 32.1 Å². The normalized spacial score (nSPS) is 23.8. The predicted molar refractivity (Wildman–Crippen MR) is 49.1 cm³/mol. The van der Waals surface area contributed by atoms with Gasteiger partial charge >= 0.3 is 0 Å². The Morgan fingerprint density at radius 3 is 3.17 bits per heavy atom. The van der Waals surface area contributed by atoms with Crippen molar-refractivity contribution in [3.8, 4) is 0 Å². The first-order chi connectivity index (χ1) is 5.83. The van der Waals surface area contributed by atoms with Crippen LogP contribution < -0.4 is 0 Å². The fraction of sp³-hybridized carbons (Fsp3) is 0.800. The molecular formula is C10H18O2. The molecule has 12 heavy (non-hydrogen) atoms. The molecule has 0 fully saturated rings. The molecule has 0 heterocycles. The first-order valence-electron chi connectivity index (χ1n) is 4.69. The largest absolute Gasteiger partial charge is 0.389 e. The first-order valence-corrected chi connectivity index (χ1v) is 4.69. The van der Waals surface area contributed by atoms with E-state index in [1.807, 2.05) is 6.08 Å². The minimum absolute atomic E-state index is 0.184. The van der Waals surface area contributed by atoms with E-state index in [4.69, 9.17) is 4.74 Å². The highest BCUT2D eigenvalue weighted by atomic mass is 16.5. The molecule has 0 radical (unpaired) electrons. The summed E-state index contributed by atoms with van der Waals surface area (Å²) >= 11 is 0. The third-order valence-electron chi connectivity index (χ3n) is 2.27. The minimum Gasteiger partial charge on any atom is -0.389 e. The number of methoxy groups -OCH3 is 1. The number of ether oxygens (including phenoxy) is 1. The Hall–Kier alpha value is -0.340. The van der Waals surface area contributed by atoms with Gasteiger partial charge in [-0.15, -0.1) is 0 Å². The Morgan fingerprint density at radius 2 is 2.50 bits per heavy atom. The molecule has 2 nitrogen and oxygen atoms in total. The van der Waals surface area contributed by atoms with Gasteiger partial charge in [-0.1, -0.05) is 11.6 Å². The van der Waals surface area contributed by atoms with Crippen molar-refractivity contribution in [3.63, 3.8) is 0 Å². The van der Waals surface area contributed by atoms with Gasteiger partial charge in [0, 0.05) is 13.7 Å². The lowest BCUT2D eigenvalue weighted by Crippen LogP contribution is -2.09. The van der Waals surface area contributed by atoms with Crippen LogP contribution in [0.4, 0.5) is 0 Å². The standard InChI is InChI=1S/C10H18O2/c1-12-7-3-5-9-4-2-6-10(11)8-9/h8,10-11H,2-7H2,1H3. The fourth-order valence-electron chi connectivity index (χ4n) is 1.63. The Labute approximate surface area is 74.2 Å². The van der Waals surface area contributed by atoms with E-state index in [9.17, 15) is 5.11 Å². The van der Waals surface area contributed by atoms with Gasteiger partial charge in [-0.3, -0.25) is 0 Å². The van der Waals surface area contributed by atoms with E-state index >= 15 is 0 Å². The Morgan fingerprint density at radius 1 is 1.67 bits per heavy atom. The van der Waals surface area contributed by atoms with Crippen molar-refractivity contribution in [1.82, 2.24) is 0 Å². The van der Waals surface area contributed by atoms with Gasteiger partial charge in [0.1, 0.15) is 0 Å². The summed E-state index contributed by atoms with van der Waals surface area (Å²) in [6, 6.07) is 0. The van der Waals surface area contributed by atoms with Crippen molar-refractivity contribution >= 4 is 0 Å².